The summed E-state index contributed by atoms with van der Waals surface area (Å²) in [5, 5.41) is 2.91. The first-order valence-electron chi connectivity index (χ1n) is 5.50. The fraction of sp³-hybridized carbons (Fsp3) is 0.143. The molecule has 0 unspecified atom stereocenters. The molecule has 5 radical (unpaired) electrons. The minimum atomic E-state index is -0.298. The second kappa shape index (κ2) is 5.80. The van der Waals surface area contributed by atoms with Gasteiger partial charge in [-0.3, -0.25) is 4.79 Å². The molecule has 0 atom stereocenters. The molecule has 1 aliphatic rings. The third kappa shape index (κ3) is 3.29. The first-order chi connectivity index (χ1) is 8.27. The second-order valence-corrected chi connectivity index (χ2v) is 3.75. The molecule has 0 spiro atoms. The second-order valence-electron chi connectivity index (χ2n) is 3.75. The van der Waals surface area contributed by atoms with E-state index >= 15 is 0 Å². The average molecular weight is 230 g/mol. The molecule has 0 aromatic heterocycles. The van der Waals surface area contributed by atoms with Crippen LogP contribution in [0.1, 0.15) is 6.42 Å². The SMILES string of the molecule is O=C(CCNc1ccccc1F)[C]1[CH][CH][CH][CH]1. The number of nitrogens with one attached hydrogen (secondary N) is 1. The Morgan fingerprint density at radius 2 is 1.88 bits per heavy atom. The van der Waals surface area contributed by atoms with E-state index in [-0.39, 0.29) is 11.6 Å². The van der Waals surface area contributed by atoms with Gasteiger partial charge in [-0.1, -0.05) is 12.1 Å². The Balaban J connectivity index is 1.76. The van der Waals surface area contributed by atoms with Gasteiger partial charge in [0.25, 0.3) is 0 Å². The summed E-state index contributed by atoms with van der Waals surface area (Å²) in [4.78, 5) is 11.6. The number of carbonyl (C=O) groups excluding carboxylic acids is 1. The molecule has 87 valence electrons. The van der Waals surface area contributed by atoms with E-state index in [1.807, 2.05) is 12.8 Å². The van der Waals surface area contributed by atoms with Crippen LogP contribution in [0.5, 0.6) is 0 Å². The van der Waals surface area contributed by atoms with Gasteiger partial charge in [-0.05, 0) is 37.8 Å². The molecule has 0 bridgehead atoms. The van der Waals surface area contributed by atoms with Crippen LogP contribution in [0.25, 0.3) is 0 Å². The van der Waals surface area contributed by atoms with Crippen LogP contribution in [0.15, 0.2) is 24.3 Å². The topological polar surface area (TPSA) is 29.1 Å². The van der Waals surface area contributed by atoms with Crippen molar-refractivity contribution in [1.82, 2.24) is 0 Å². The number of halogens is 1. The Labute approximate surface area is 101 Å². The largest absolute Gasteiger partial charge is 0.382 e. The van der Waals surface area contributed by atoms with Crippen LogP contribution >= 0.6 is 0 Å². The van der Waals surface area contributed by atoms with Gasteiger partial charge in [0.05, 0.1) is 5.69 Å². The maximum absolute atomic E-state index is 13.2. The lowest BCUT2D eigenvalue weighted by atomic mass is 10.0. The molecule has 2 rings (SSSR count). The maximum atomic E-state index is 13.2. The zero-order chi connectivity index (χ0) is 12.1. The molecule has 0 amide bonds. The van der Waals surface area contributed by atoms with E-state index in [2.05, 4.69) is 5.32 Å². The van der Waals surface area contributed by atoms with Crippen LogP contribution in [-0.4, -0.2) is 12.3 Å². The van der Waals surface area contributed by atoms with Gasteiger partial charge in [-0.2, -0.15) is 0 Å². The number of hydrogen-bond acceptors (Lipinski definition) is 2. The quantitative estimate of drug-likeness (QED) is 0.842. The molecule has 0 saturated heterocycles. The van der Waals surface area contributed by atoms with Crippen molar-refractivity contribution < 1.29 is 9.18 Å². The molecule has 3 heteroatoms. The molecule has 0 aliphatic heterocycles. The normalized spacial score (nSPS) is 16.1. The first-order valence-corrected chi connectivity index (χ1v) is 5.50. The number of hydrogen-bond donors (Lipinski definition) is 1. The number of para-hydroxylation sites is 1. The van der Waals surface area contributed by atoms with Crippen LogP contribution in [0.2, 0.25) is 0 Å². The highest BCUT2D eigenvalue weighted by Crippen LogP contribution is 2.24. The lowest BCUT2D eigenvalue weighted by Gasteiger charge is -2.09. The molecular formula is C14H13FNO. The molecule has 1 fully saturated rings. The molecule has 2 nitrogen and oxygen atoms in total. The smallest absolute Gasteiger partial charge is 0.146 e. The van der Waals surface area contributed by atoms with E-state index in [0.717, 1.165) is 0 Å². The van der Waals surface area contributed by atoms with E-state index in [1.54, 1.807) is 31.0 Å². The highest BCUT2D eigenvalue weighted by atomic mass is 19.1. The van der Waals surface area contributed by atoms with E-state index < -0.39 is 0 Å². The summed E-state index contributed by atoms with van der Waals surface area (Å²) in [5.41, 5.74) is 0.433. The summed E-state index contributed by atoms with van der Waals surface area (Å²) in [6, 6.07) is 6.43. The van der Waals surface area contributed by atoms with Crippen LogP contribution in [0.4, 0.5) is 10.1 Å². The van der Waals surface area contributed by atoms with Crippen molar-refractivity contribution in [3.05, 3.63) is 61.7 Å². The van der Waals surface area contributed by atoms with Gasteiger partial charge in [0, 0.05) is 18.9 Å². The van der Waals surface area contributed by atoms with Crippen molar-refractivity contribution >= 4 is 11.5 Å². The molecule has 1 aromatic rings. The maximum Gasteiger partial charge on any atom is 0.146 e. The Hall–Kier alpha value is -1.38. The summed E-state index contributed by atoms with van der Waals surface area (Å²) in [6.45, 7) is 0.435. The molecule has 17 heavy (non-hydrogen) atoms. The molecule has 1 aliphatic carbocycles. The minimum Gasteiger partial charge on any atom is -0.382 e. The summed E-state index contributed by atoms with van der Waals surface area (Å²) in [6.07, 6.45) is 7.59. The Morgan fingerprint density at radius 1 is 1.18 bits per heavy atom. The molecule has 1 aromatic carbocycles. The Kier molecular flexibility index (Phi) is 4.13. The van der Waals surface area contributed by atoms with Crippen molar-refractivity contribution in [2.24, 2.45) is 0 Å². The summed E-state index contributed by atoms with van der Waals surface area (Å²) < 4.78 is 13.2. The fourth-order valence-electron chi connectivity index (χ4n) is 1.62. The van der Waals surface area contributed by atoms with Gasteiger partial charge < -0.3 is 5.32 Å². The van der Waals surface area contributed by atoms with E-state index in [1.165, 1.54) is 6.07 Å². The molecular weight excluding hydrogens is 217 g/mol. The number of rotatable bonds is 5. The van der Waals surface area contributed by atoms with Crippen molar-refractivity contribution in [2.75, 3.05) is 11.9 Å². The van der Waals surface area contributed by atoms with Crippen molar-refractivity contribution in [1.29, 1.82) is 0 Å². The van der Waals surface area contributed by atoms with Gasteiger partial charge in [-0.15, -0.1) is 0 Å². The molecule has 1 N–H and O–H groups in total. The predicted molar refractivity (Wildman–Crippen MR) is 65.0 cm³/mol. The first kappa shape index (κ1) is 12.1. The van der Waals surface area contributed by atoms with Gasteiger partial charge in [0.1, 0.15) is 11.6 Å². The predicted octanol–water partition coefficient (Wildman–Crippen LogP) is 2.60. The van der Waals surface area contributed by atoms with Crippen LogP contribution in [-0.2, 0) is 4.79 Å². The summed E-state index contributed by atoms with van der Waals surface area (Å²) in [7, 11) is 0. The fourth-order valence-corrected chi connectivity index (χ4v) is 1.62. The zero-order valence-electron chi connectivity index (χ0n) is 9.32. The van der Waals surface area contributed by atoms with Gasteiger partial charge >= 0.3 is 0 Å². The van der Waals surface area contributed by atoms with Crippen LogP contribution in [0.3, 0.4) is 0 Å². The Morgan fingerprint density at radius 3 is 2.59 bits per heavy atom. The van der Waals surface area contributed by atoms with Crippen molar-refractivity contribution in [2.45, 2.75) is 6.42 Å². The third-order valence-electron chi connectivity index (χ3n) is 2.53. The monoisotopic (exact) mass is 230 g/mol. The lowest BCUT2D eigenvalue weighted by Crippen LogP contribution is -2.15. The molecule has 1 saturated carbocycles. The highest BCUT2D eigenvalue weighted by molar-refractivity contribution is 5.97. The molecule has 0 heterocycles. The highest BCUT2D eigenvalue weighted by Gasteiger charge is 2.23. The van der Waals surface area contributed by atoms with E-state index in [9.17, 15) is 9.18 Å². The van der Waals surface area contributed by atoms with Crippen LogP contribution in [0, 0.1) is 37.4 Å². The van der Waals surface area contributed by atoms with Crippen molar-refractivity contribution in [3.63, 3.8) is 0 Å². The van der Waals surface area contributed by atoms with Crippen LogP contribution < -0.4 is 5.32 Å². The van der Waals surface area contributed by atoms with E-state index in [0.29, 0.717) is 24.6 Å². The number of carbonyl (C=O) groups is 1. The number of benzene rings is 1. The number of ketones is 1. The zero-order valence-corrected chi connectivity index (χ0v) is 9.32. The number of anilines is 1. The van der Waals surface area contributed by atoms with E-state index in [4.69, 9.17) is 0 Å². The van der Waals surface area contributed by atoms with Gasteiger partial charge in [0.15, 0.2) is 0 Å². The van der Waals surface area contributed by atoms with Gasteiger partial charge in [0.2, 0.25) is 0 Å². The standard InChI is InChI=1S/C14H13FNO/c15-12-7-3-4-8-13(12)16-10-9-14(17)11-5-1-2-6-11/h1-8,16H,9-10H2. The Bertz CT molecular complexity index is 386. The summed E-state index contributed by atoms with van der Waals surface area (Å²) >= 11 is 0. The minimum absolute atomic E-state index is 0.0684. The lowest BCUT2D eigenvalue weighted by molar-refractivity contribution is -0.116. The average Bonchev–Trinajstić information content (AvgIpc) is 2.85. The number of Topliss-reactive ketones (excluding diaryl/α,β-unsaturated/α-hetero) is 1. The van der Waals surface area contributed by atoms with Gasteiger partial charge in [-0.25, -0.2) is 4.39 Å². The summed E-state index contributed by atoms with van der Waals surface area (Å²) in [5.74, 6) is 0.479. The van der Waals surface area contributed by atoms with Crippen molar-refractivity contribution in [3.8, 4) is 0 Å². The third-order valence-corrected chi connectivity index (χ3v) is 2.53.